The van der Waals surface area contributed by atoms with Crippen molar-refractivity contribution in [3.05, 3.63) is 12.7 Å². The molecule has 8 nitrogen and oxygen atoms in total. The summed E-state index contributed by atoms with van der Waals surface area (Å²) in [6, 6.07) is 0. The fraction of sp³-hybridized carbons (Fsp3) is 0.733. The zero-order valence-electron chi connectivity index (χ0n) is 15.6. The third kappa shape index (κ3) is 5.65. The van der Waals surface area contributed by atoms with Crippen LogP contribution in [0.2, 0.25) is 0 Å². The van der Waals surface area contributed by atoms with Crippen molar-refractivity contribution >= 4 is 22.0 Å². The van der Waals surface area contributed by atoms with E-state index in [4.69, 9.17) is 0 Å². The number of esters is 1. The molecule has 0 bridgehead atoms. The van der Waals surface area contributed by atoms with E-state index in [1.807, 2.05) is 0 Å². The minimum absolute atomic E-state index is 0.208. The smallest absolute Gasteiger partial charge is 0.466 e. The van der Waals surface area contributed by atoms with E-state index in [0.717, 1.165) is 0 Å². The van der Waals surface area contributed by atoms with Crippen LogP contribution in [0, 0.1) is 0 Å². The highest BCUT2D eigenvalue weighted by molar-refractivity contribution is 7.86. The topological polar surface area (TPSA) is 113 Å². The number of likely N-dealkylation sites (tertiary alicyclic amines) is 1. The van der Waals surface area contributed by atoms with Crippen molar-refractivity contribution in [2.75, 3.05) is 19.7 Å². The molecular formula is C15H17F7NO7S-. The molecule has 1 heterocycles. The number of halogens is 7. The molecule has 1 unspecified atom stereocenters. The minimum atomic E-state index is -6.90. The molecule has 0 radical (unpaired) electrons. The van der Waals surface area contributed by atoms with Gasteiger partial charge in [-0.15, -0.1) is 0 Å². The third-order valence-electron chi connectivity index (χ3n) is 4.17. The molecule has 0 aliphatic carbocycles. The molecule has 1 amide bonds. The monoisotopic (exact) mass is 488 g/mol. The number of carbonyl (C=O) groups excluding carboxylic acids is 2. The van der Waals surface area contributed by atoms with E-state index in [0.29, 0.717) is 11.3 Å². The second-order valence-electron chi connectivity index (χ2n) is 6.37. The normalized spacial score (nSPS) is 18.3. The maximum absolute atomic E-state index is 13.8. The molecule has 0 aromatic rings. The molecule has 0 aromatic carbocycles. The third-order valence-corrected chi connectivity index (χ3v) is 5.10. The number of hydrogen-bond donors (Lipinski definition) is 0. The van der Waals surface area contributed by atoms with Crippen molar-refractivity contribution < 1.29 is 62.8 Å². The number of rotatable bonds is 9. The van der Waals surface area contributed by atoms with Gasteiger partial charge in [-0.2, -0.15) is 30.7 Å². The lowest BCUT2D eigenvalue weighted by Crippen LogP contribution is -2.63. The lowest BCUT2D eigenvalue weighted by atomic mass is 10.1. The van der Waals surface area contributed by atoms with Crippen molar-refractivity contribution in [3.63, 3.8) is 0 Å². The van der Waals surface area contributed by atoms with Crippen molar-refractivity contribution in [2.45, 2.75) is 48.8 Å². The van der Waals surface area contributed by atoms with Crippen LogP contribution in [0.15, 0.2) is 12.7 Å². The highest BCUT2D eigenvalue weighted by atomic mass is 32.2. The van der Waals surface area contributed by atoms with Gasteiger partial charge in [0.15, 0.2) is 10.1 Å². The standard InChI is InChI=1S/C15H18F7NO7S/c1-2-10(24)30-13(14(18,19)20,11(25)23-7-4-3-5-8-23)29-9-6-12(16,17)15(21,22)31(26,27)28/h2H,1,3-9H2,(H,26,27,28)/p-1. The molecule has 1 fully saturated rings. The second-order valence-corrected chi connectivity index (χ2v) is 7.79. The van der Waals surface area contributed by atoms with Crippen LogP contribution in [0.1, 0.15) is 25.7 Å². The predicted molar refractivity (Wildman–Crippen MR) is 85.7 cm³/mol. The van der Waals surface area contributed by atoms with Gasteiger partial charge in [0.2, 0.25) is 0 Å². The Hall–Kier alpha value is -1.94. The van der Waals surface area contributed by atoms with Crippen LogP contribution in [0.4, 0.5) is 30.7 Å². The molecule has 1 atom stereocenters. The van der Waals surface area contributed by atoms with E-state index >= 15 is 0 Å². The summed E-state index contributed by atoms with van der Waals surface area (Å²) in [4.78, 5) is 24.5. The van der Waals surface area contributed by atoms with Gasteiger partial charge in [0.25, 0.3) is 0 Å². The summed E-state index contributed by atoms with van der Waals surface area (Å²) in [7, 11) is -6.90. The predicted octanol–water partition coefficient (Wildman–Crippen LogP) is 2.17. The van der Waals surface area contributed by atoms with Gasteiger partial charge in [0.1, 0.15) is 0 Å². The Labute approximate surface area is 171 Å². The zero-order chi connectivity index (χ0) is 24.3. The Morgan fingerprint density at radius 2 is 1.55 bits per heavy atom. The summed E-state index contributed by atoms with van der Waals surface area (Å²) < 4.78 is 134. The van der Waals surface area contributed by atoms with Crippen LogP contribution in [-0.2, 0) is 29.2 Å². The van der Waals surface area contributed by atoms with E-state index in [9.17, 15) is 53.3 Å². The number of piperidine rings is 1. The first-order valence-corrected chi connectivity index (χ1v) is 9.90. The van der Waals surface area contributed by atoms with Crippen LogP contribution in [0.5, 0.6) is 0 Å². The lowest BCUT2D eigenvalue weighted by Gasteiger charge is -2.38. The molecule has 1 aliphatic heterocycles. The van der Waals surface area contributed by atoms with Gasteiger partial charge in [-0.05, 0) is 19.3 Å². The molecule has 0 aromatic heterocycles. The molecule has 1 saturated heterocycles. The fourth-order valence-electron chi connectivity index (χ4n) is 2.54. The van der Waals surface area contributed by atoms with Crippen molar-refractivity contribution in [1.82, 2.24) is 4.90 Å². The quantitative estimate of drug-likeness (QED) is 0.161. The summed E-state index contributed by atoms with van der Waals surface area (Å²) in [5, 5.41) is -6.18. The van der Waals surface area contributed by atoms with E-state index < -0.39 is 58.2 Å². The summed E-state index contributed by atoms with van der Waals surface area (Å²) in [5.74, 6) is -14.0. The van der Waals surface area contributed by atoms with Crippen LogP contribution in [0.3, 0.4) is 0 Å². The van der Waals surface area contributed by atoms with Crippen LogP contribution < -0.4 is 0 Å². The first-order chi connectivity index (χ1) is 13.9. The molecule has 0 N–H and O–H groups in total. The van der Waals surface area contributed by atoms with Crippen LogP contribution in [-0.4, -0.2) is 72.6 Å². The minimum Gasteiger partial charge on any atom is -0.743 e. The van der Waals surface area contributed by atoms with Gasteiger partial charge in [-0.3, -0.25) is 4.79 Å². The molecule has 16 heteroatoms. The van der Waals surface area contributed by atoms with Crippen LogP contribution >= 0.6 is 0 Å². The van der Waals surface area contributed by atoms with Gasteiger partial charge in [-0.25, -0.2) is 13.2 Å². The van der Waals surface area contributed by atoms with Gasteiger partial charge in [0, 0.05) is 25.6 Å². The van der Waals surface area contributed by atoms with Crippen LogP contribution in [0.25, 0.3) is 0 Å². The van der Waals surface area contributed by atoms with Gasteiger partial charge in [0.05, 0.1) is 6.61 Å². The summed E-state index contributed by atoms with van der Waals surface area (Å²) in [6.07, 6.45) is -7.00. The van der Waals surface area contributed by atoms with Gasteiger partial charge < -0.3 is 18.9 Å². The van der Waals surface area contributed by atoms with Gasteiger partial charge >= 0.3 is 35.0 Å². The average molecular weight is 488 g/mol. The van der Waals surface area contributed by atoms with Crippen molar-refractivity contribution in [1.29, 1.82) is 0 Å². The van der Waals surface area contributed by atoms with Crippen molar-refractivity contribution in [2.24, 2.45) is 0 Å². The lowest BCUT2D eigenvalue weighted by molar-refractivity contribution is -0.352. The molecule has 180 valence electrons. The van der Waals surface area contributed by atoms with Gasteiger partial charge in [-0.1, -0.05) is 6.58 Å². The average Bonchev–Trinajstić information content (AvgIpc) is 2.65. The van der Waals surface area contributed by atoms with E-state index in [1.54, 1.807) is 0 Å². The van der Waals surface area contributed by atoms with E-state index in [1.165, 1.54) is 0 Å². The first-order valence-electron chi connectivity index (χ1n) is 8.49. The molecule has 31 heavy (non-hydrogen) atoms. The van der Waals surface area contributed by atoms with Crippen molar-refractivity contribution in [3.8, 4) is 0 Å². The number of nitrogens with zero attached hydrogens (tertiary/aromatic N) is 1. The number of ether oxygens (including phenoxy) is 2. The summed E-state index contributed by atoms with van der Waals surface area (Å²) in [6.45, 7) is 0.339. The second kappa shape index (κ2) is 9.28. The molecular weight excluding hydrogens is 471 g/mol. The Balaban J connectivity index is 3.26. The number of hydrogen-bond acceptors (Lipinski definition) is 7. The maximum atomic E-state index is 13.8. The molecule has 1 rings (SSSR count). The SMILES string of the molecule is C=CC(=O)OC(OCCC(F)(F)C(F)(F)S(=O)(=O)[O-])(C(=O)N1CCCCC1)C(F)(F)F. The first kappa shape index (κ1) is 27.1. The molecule has 0 saturated carbocycles. The highest BCUT2D eigenvalue weighted by Crippen LogP contribution is 2.42. The number of alkyl halides is 7. The zero-order valence-corrected chi connectivity index (χ0v) is 16.4. The summed E-state index contributed by atoms with van der Waals surface area (Å²) in [5.41, 5.74) is 0. The van der Waals surface area contributed by atoms with E-state index in [-0.39, 0.29) is 32.0 Å². The van der Waals surface area contributed by atoms with E-state index in [2.05, 4.69) is 16.1 Å². The summed E-state index contributed by atoms with van der Waals surface area (Å²) >= 11 is 0. The fourth-order valence-corrected chi connectivity index (χ4v) is 3.00. The Morgan fingerprint density at radius 1 is 1.03 bits per heavy atom. The number of amides is 1. The number of carbonyl (C=O) groups is 2. The maximum Gasteiger partial charge on any atom is 0.466 e. The largest absolute Gasteiger partial charge is 0.743 e. The highest BCUT2D eigenvalue weighted by Gasteiger charge is 2.68. The Bertz CT molecular complexity index is 794. The molecule has 0 spiro atoms. The Morgan fingerprint density at radius 3 is 1.97 bits per heavy atom. The molecule has 1 aliphatic rings. The Kier molecular flexibility index (Phi) is 8.11.